The number of rotatable bonds is 5. The Morgan fingerprint density at radius 3 is 2.53 bits per heavy atom. The molecular weight excluding hydrogens is 412 g/mol. The number of thioether (sulfide) groups is 1. The Kier molecular flexibility index (Phi) is 5.06. The topological polar surface area (TPSA) is 64.7 Å². The largest absolute Gasteiger partial charge is 0.419 e. The second-order valence-electron chi connectivity index (χ2n) is 6.95. The third kappa shape index (κ3) is 3.74. The van der Waals surface area contributed by atoms with Crippen molar-refractivity contribution in [2.24, 2.45) is 0 Å². The molecule has 7 heteroatoms. The second kappa shape index (κ2) is 8.01. The molecular formula is C23H18N4OS2. The Balaban J connectivity index is 1.41. The number of benzene rings is 2. The minimum absolute atomic E-state index is 0.0325. The zero-order valence-corrected chi connectivity index (χ0v) is 18.1. The normalized spacial score (nSPS) is 12.3. The van der Waals surface area contributed by atoms with Crippen molar-refractivity contribution < 1.29 is 4.42 Å². The number of thiophene rings is 1. The molecule has 5 rings (SSSR count). The van der Waals surface area contributed by atoms with E-state index in [0.29, 0.717) is 11.8 Å². The van der Waals surface area contributed by atoms with E-state index in [1.165, 1.54) is 16.0 Å². The quantitative estimate of drug-likeness (QED) is 0.232. The molecule has 3 aromatic heterocycles. The lowest BCUT2D eigenvalue weighted by atomic mass is 10.1. The summed E-state index contributed by atoms with van der Waals surface area (Å²) in [6.07, 6.45) is 1.62. The average molecular weight is 431 g/mol. The van der Waals surface area contributed by atoms with Crippen molar-refractivity contribution in [3.05, 3.63) is 78.4 Å². The summed E-state index contributed by atoms with van der Waals surface area (Å²) in [5.74, 6) is 1.12. The lowest BCUT2D eigenvalue weighted by molar-refractivity contribution is 0.509. The van der Waals surface area contributed by atoms with Crippen molar-refractivity contribution >= 4 is 33.3 Å². The van der Waals surface area contributed by atoms with Crippen molar-refractivity contribution in [3.63, 3.8) is 0 Å². The first kappa shape index (κ1) is 19.0. The highest BCUT2D eigenvalue weighted by molar-refractivity contribution is 7.99. The summed E-state index contributed by atoms with van der Waals surface area (Å²) in [5.41, 5.74) is 3.30. The molecule has 0 saturated heterocycles. The molecule has 0 spiro atoms. The number of fused-ring (bicyclic) bond motifs is 1. The minimum atomic E-state index is -0.0325. The van der Waals surface area contributed by atoms with Crippen LogP contribution in [0.2, 0.25) is 0 Å². The van der Waals surface area contributed by atoms with Crippen LogP contribution in [0.4, 0.5) is 0 Å². The van der Waals surface area contributed by atoms with Crippen molar-refractivity contribution in [2.45, 2.75) is 24.1 Å². The van der Waals surface area contributed by atoms with Crippen LogP contribution in [0.5, 0.6) is 0 Å². The van der Waals surface area contributed by atoms with Crippen LogP contribution in [0, 0.1) is 6.92 Å². The van der Waals surface area contributed by atoms with Gasteiger partial charge in [-0.25, -0.2) is 9.97 Å². The molecule has 3 heterocycles. The van der Waals surface area contributed by atoms with Crippen LogP contribution in [-0.4, -0.2) is 20.2 Å². The Hall–Kier alpha value is -3.03. The number of aryl methyl sites for hydroxylation is 1. The van der Waals surface area contributed by atoms with E-state index in [-0.39, 0.29) is 5.25 Å². The van der Waals surface area contributed by atoms with E-state index in [1.807, 2.05) is 42.5 Å². The Labute approximate surface area is 182 Å². The van der Waals surface area contributed by atoms with E-state index in [9.17, 15) is 0 Å². The van der Waals surface area contributed by atoms with Gasteiger partial charge >= 0.3 is 0 Å². The fourth-order valence-corrected chi connectivity index (χ4v) is 5.09. The molecule has 0 bridgehead atoms. The predicted molar refractivity (Wildman–Crippen MR) is 122 cm³/mol. The number of hydrogen-bond acceptors (Lipinski definition) is 7. The van der Waals surface area contributed by atoms with Gasteiger partial charge in [0.05, 0.1) is 5.25 Å². The fourth-order valence-electron chi connectivity index (χ4n) is 3.10. The maximum atomic E-state index is 5.95. The molecule has 30 heavy (non-hydrogen) atoms. The molecule has 0 amide bonds. The van der Waals surface area contributed by atoms with E-state index in [1.54, 1.807) is 29.4 Å². The highest BCUT2D eigenvalue weighted by Gasteiger charge is 2.19. The van der Waals surface area contributed by atoms with Crippen molar-refractivity contribution in [1.82, 2.24) is 20.2 Å². The first-order valence-electron chi connectivity index (χ1n) is 9.54. The SMILES string of the molecule is Cc1ccc(-c2nnc([C@H](C)Sc3ncnc4sc(-c5ccccc5)cc34)o2)cc1. The maximum absolute atomic E-state index is 5.95. The van der Waals surface area contributed by atoms with Crippen molar-refractivity contribution in [2.75, 3.05) is 0 Å². The first-order valence-corrected chi connectivity index (χ1v) is 11.2. The minimum Gasteiger partial charge on any atom is -0.419 e. The van der Waals surface area contributed by atoms with E-state index in [4.69, 9.17) is 4.42 Å². The van der Waals surface area contributed by atoms with Gasteiger partial charge in [0, 0.05) is 15.8 Å². The lowest BCUT2D eigenvalue weighted by Crippen LogP contribution is -1.91. The van der Waals surface area contributed by atoms with E-state index in [0.717, 1.165) is 20.8 Å². The molecule has 0 saturated carbocycles. The van der Waals surface area contributed by atoms with Crippen LogP contribution < -0.4 is 0 Å². The summed E-state index contributed by atoms with van der Waals surface area (Å²) < 4.78 is 5.95. The van der Waals surface area contributed by atoms with Crippen LogP contribution in [0.25, 0.3) is 32.1 Å². The van der Waals surface area contributed by atoms with Gasteiger partial charge in [-0.1, -0.05) is 59.8 Å². The van der Waals surface area contributed by atoms with Gasteiger partial charge in [0.1, 0.15) is 16.2 Å². The molecule has 5 nitrogen and oxygen atoms in total. The third-order valence-corrected chi connectivity index (χ3v) is 6.92. The predicted octanol–water partition coefficient (Wildman–Crippen LogP) is 6.57. The van der Waals surface area contributed by atoms with E-state index < -0.39 is 0 Å². The van der Waals surface area contributed by atoms with Crippen LogP contribution in [0.1, 0.15) is 23.6 Å². The summed E-state index contributed by atoms with van der Waals surface area (Å²) >= 11 is 3.28. The zero-order chi connectivity index (χ0) is 20.5. The van der Waals surface area contributed by atoms with Gasteiger partial charge in [-0.05, 0) is 37.6 Å². The average Bonchev–Trinajstić information content (AvgIpc) is 3.43. The van der Waals surface area contributed by atoms with Crippen LogP contribution in [-0.2, 0) is 0 Å². The Morgan fingerprint density at radius 1 is 0.933 bits per heavy atom. The van der Waals surface area contributed by atoms with E-state index in [2.05, 4.69) is 52.2 Å². The van der Waals surface area contributed by atoms with E-state index >= 15 is 0 Å². The molecule has 2 aromatic carbocycles. The van der Waals surface area contributed by atoms with Gasteiger partial charge in [-0.2, -0.15) is 0 Å². The number of aromatic nitrogens is 4. The van der Waals surface area contributed by atoms with Gasteiger partial charge in [0.15, 0.2) is 0 Å². The van der Waals surface area contributed by atoms with Gasteiger partial charge in [-0.15, -0.1) is 21.5 Å². The van der Waals surface area contributed by atoms with Crippen molar-refractivity contribution in [3.8, 4) is 21.9 Å². The highest BCUT2D eigenvalue weighted by atomic mass is 32.2. The standard InChI is InChI=1S/C23H18N4OS2/c1-14-8-10-17(11-9-14)21-27-26-20(28-21)15(2)29-22-18-12-19(16-6-4-3-5-7-16)30-23(18)25-13-24-22/h3-13,15H,1-2H3/t15-/m0/s1. The van der Waals surface area contributed by atoms with Crippen LogP contribution in [0.3, 0.4) is 0 Å². The maximum Gasteiger partial charge on any atom is 0.247 e. The van der Waals surface area contributed by atoms with Crippen LogP contribution >= 0.6 is 23.1 Å². The van der Waals surface area contributed by atoms with Gasteiger partial charge in [0.2, 0.25) is 11.8 Å². The molecule has 0 N–H and O–H groups in total. The molecule has 1 atom stereocenters. The Morgan fingerprint density at radius 2 is 1.73 bits per heavy atom. The molecule has 0 unspecified atom stereocenters. The fraction of sp³-hybridized carbons (Fsp3) is 0.130. The van der Waals surface area contributed by atoms with Gasteiger partial charge in [0.25, 0.3) is 0 Å². The molecule has 0 fully saturated rings. The van der Waals surface area contributed by atoms with Crippen LogP contribution in [0.15, 0.2) is 76.4 Å². The highest BCUT2D eigenvalue weighted by Crippen LogP contribution is 2.40. The summed E-state index contributed by atoms with van der Waals surface area (Å²) in [6.45, 7) is 4.10. The zero-order valence-electron chi connectivity index (χ0n) is 16.4. The molecule has 5 aromatic rings. The summed E-state index contributed by atoms with van der Waals surface area (Å²) in [5, 5.41) is 10.4. The second-order valence-corrected chi connectivity index (χ2v) is 9.31. The molecule has 148 valence electrons. The summed E-state index contributed by atoms with van der Waals surface area (Å²) in [6, 6.07) is 20.6. The molecule has 0 radical (unpaired) electrons. The smallest absolute Gasteiger partial charge is 0.247 e. The molecule has 0 aliphatic rings. The summed E-state index contributed by atoms with van der Waals surface area (Å²) in [7, 11) is 0. The Bertz CT molecular complexity index is 1300. The lowest BCUT2D eigenvalue weighted by Gasteiger charge is -2.06. The summed E-state index contributed by atoms with van der Waals surface area (Å²) in [4.78, 5) is 11.1. The van der Waals surface area contributed by atoms with Crippen molar-refractivity contribution in [1.29, 1.82) is 0 Å². The first-order chi connectivity index (χ1) is 14.7. The molecule has 0 aliphatic carbocycles. The van der Waals surface area contributed by atoms with Gasteiger partial charge < -0.3 is 4.42 Å². The number of nitrogens with zero attached hydrogens (tertiary/aromatic N) is 4. The number of hydrogen-bond donors (Lipinski definition) is 0. The third-order valence-electron chi connectivity index (χ3n) is 4.73. The molecule has 0 aliphatic heterocycles. The van der Waals surface area contributed by atoms with Gasteiger partial charge in [-0.3, -0.25) is 0 Å². The monoisotopic (exact) mass is 430 g/mol.